The quantitative estimate of drug-likeness (QED) is 0.396. The predicted octanol–water partition coefficient (Wildman–Crippen LogP) is 4.82. The van der Waals surface area contributed by atoms with Gasteiger partial charge in [0.05, 0.1) is 28.2 Å². The van der Waals surface area contributed by atoms with Crippen LogP contribution in [0.5, 0.6) is 5.75 Å². The Balaban J connectivity index is 1.52. The van der Waals surface area contributed by atoms with E-state index in [1.165, 1.54) is 59.9 Å². The van der Waals surface area contributed by atoms with Crippen molar-refractivity contribution in [3.8, 4) is 5.75 Å². The number of piperidine rings is 1. The molecule has 0 spiro atoms. The van der Waals surface area contributed by atoms with Gasteiger partial charge in [0.2, 0.25) is 10.0 Å². The minimum atomic E-state index is -3.89. The second-order valence-electron chi connectivity index (χ2n) is 9.04. The van der Waals surface area contributed by atoms with Crippen LogP contribution < -0.4 is 14.8 Å². The van der Waals surface area contributed by atoms with E-state index < -0.39 is 26.0 Å². The average Bonchev–Trinajstić information content (AvgIpc) is 2.88. The van der Waals surface area contributed by atoms with Crippen molar-refractivity contribution in [1.82, 2.24) is 4.31 Å². The van der Waals surface area contributed by atoms with Crippen LogP contribution in [0.3, 0.4) is 0 Å². The van der Waals surface area contributed by atoms with Gasteiger partial charge in [-0.1, -0.05) is 24.6 Å². The molecule has 3 aromatic rings. The number of ether oxygens (including phenoxy) is 1. The van der Waals surface area contributed by atoms with E-state index in [0.29, 0.717) is 35.4 Å². The molecule has 1 heterocycles. The molecule has 9 nitrogen and oxygen atoms in total. The molecule has 202 valence electrons. The number of amides is 1. The summed E-state index contributed by atoms with van der Waals surface area (Å²) in [5.41, 5.74) is 0.672. The average molecular weight is 578 g/mol. The lowest BCUT2D eigenvalue weighted by Gasteiger charge is -2.29. The van der Waals surface area contributed by atoms with Crippen molar-refractivity contribution >= 4 is 48.9 Å². The molecule has 4 rings (SSSR count). The molecule has 1 amide bonds. The van der Waals surface area contributed by atoms with Crippen LogP contribution in [-0.4, -0.2) is 47.2 Å². The van der Waals surface area contributed by atoms with Crippen molar-refractivity contribution in [3.63, 3.8) is 0 Å². The first kappa shape index (κ1) is 27.9. The number of carbonyl (C=O) groups is 1. The number of carbonyl (C=O) groups excluding carboxylic acids is 1. The van der Waals surface area contributed by atoms with E-state index in [-0.39, 0.29) is 21.1 Å². The molecular weight excluding hydrogens is 550 g/mol. The highest BCUT2D eigenvalue weighted by Crippen LogP contribution is 2.28. The molecule has 38 heavy (non-hydrogen) atoms. The van der Waals surface area contributed by atoms with E-state index >= 15 is 0 Å². The van der Waals surface area contributed by atoms with Crippen LogP contribution in [0.4, 0.5) is 11.4 Å². The van der Waals surface area contributed by atoms with Crippen LogP contribution in [0.15, 0.2) is 76.5 Å². The number of methoxy groups -OCH3 is 1. The number of nitrogens with zero attached hydrogens (tertiary/aromatic N) is 1. The molecular formula is C26H28ClN3O6S2. The lowest BCUT2D eigenvalue weighted by atomic mass is 10.0. The topological polar surface area (TPSA) is 122 Å². The van der Waals surface area contributed by atoms with Crippen LogP contribution in [0.1, 0.15) is 30.1 Å². The van der Waals surface area contributed by atoms with E-state index in [1.54, 1.807) is 18.2 Å². The molecule has 0 aliphatic carbocycles. The fraction of sp³-hybridized carbons (Fsp3) is 0.269. The Hall–Kier alpha value is -3.12. The van der Waals surface area contributed by atoms with E-state index in [9.17, 15) is 21.6 Å². The highest BCUT2D eigenvalue weighted by atomic mass is 35.5. The summed E-state index contributed by atoms with van der Waals surface area (Å²) in [7, 11) is -6.27. The number of hydrogen-bond acceptors (Lipinski definition) is 6. The normalized spacial score (nSPS) is 15.1. The first-order chi connectivity index (χ1) is 18.0. The van der Waals surface area contributed by atoms with Crippen molar-refractivity contribution in [2.24, 2.45) is 5.92 Å². The maximum absolute atomic E-state index is 13.2. The second kappa shape index (κ2) is 11.3. The van der Waals surface area contributed by atoms with E-state index in [0.717, 1.165) is 12.8 Å². The summed E-state index contributed by atoms with van der Waals surface area (Å²) < 4.78 is 61.0. The van der Waals surface area contributed by atoms with Crippen molar-refractivity contribution in [2.75, 3.05) is 30.2 Å². The molecule has 1 aliphatic rings. The Morgan fingerprint density at radius 2 is 1.58 bits per heavy atom. The number of anilines is 2. The van der Waals surface area contributed by atoms with Gasteiger partial charge in [0, 0.05) is 23.8 Å². The number of rotatable bonds is 8. The lowest BCUT2D eigenvalue weighted by Crippen LogP contribution is -2.37. The van der Waals surface area contributed by atoms with E-state index in [1.807, 2.05) is 0 Å². The molecule has 2 N–H and O–H groups in total. The van der Waals surface area contributed by atoms with Gasteiger partial charge in [-0.3, -0.25) is 9.52 Å². The third-order valence-corrected chi connectivity index (χ3v) is 9.82. The molecule has 1 fully saturated rings. The zero-order chi connectivity index (χ0) is 27.5. The summed E-state index contributed by atoms with van der Waals surface area (Å²) in [5.74, 6) is 0.0742. The van der Waals surface area contributed by atoms with Gasteiger partial charge in [0.15, 0.2) is 0 Å². The van der Waals surface area contributed by atoms with Gasteiger partial charge in [0.25, 0.3) is 15.9 Å². The molecule has 0 bridgehead atoms. The Kier molecular flexibility index (Phi) is 8.31. The summed E-state index contributed by atoms with van der Waals surface area (Å²) in [5, 5.41) is 3.06. The minimum Gasteiger partial charge on any atom is -0.496 e. The number of halogens is 1. The molecule has 12 heteroatoms. The maximum atomic E-state index is 13.2. The highest BCUT2D eigenvalue weighted by Gasteiger charge is 2.29. The van der Waals surface area contributed by atoms with E-state index in [2.05, 4.69) is 17.0 Å². The van der Waals surface area contributed by atoms with Gasteiger partial charge >= 0.3 is 0 Å². The molecule has 1 saturated heterocycles. The third-order valence-electron chi connectivity index (χ3n) is 6.30. The summed E-state index contributed by atoms with van der Waals surface area (Å²) in [4.78, 5) is 13.1. The zero-order valence-electron chi connectivity index (χ0n) is 20.8. The Morgan fingerprint density at radius 3 is 2.21 bits per heavy atom. The number of nitrogens with one attached hydrogen (secondary N) is 2. The Morgan fingerprint density at radius 1 is 0.921 bits per heavy atom. The fourth-order valence-electron chi connectivity index (χ4n) is 4.08. The number of sulfonamides is 2. The lowest BCUT2D eigenvalue weighted by molar-refractivity contribution is 0.102. The first-order valence-corrected chi connectivity index (χ1v) is 15.2. The molecule has 3 aromatic carbocycles. The smallest absolute Gasteiger partial charge is 0.261 e. The van der Waals surface area contributed by atoms with Crippen LogP contribution in [0, 0.1) is 5.92 Å². The summed E-state index contributed by atoms with van der Waals surface area (Å²) in [6.45, 7) is 2.95. The molecule has 0 aromatic heterocycles. The van der Waals surface area contributed by atoms with Crippen LogP contribution in [0.2, 0.25) is 5.02 Å². The van der Waals surface area contributed by atoms with Crippen molar-refractivity contribution in [2.45, 2.75) is 29.6 Å². The Labute approximate surface area is 227 Å². The molecule has 0 unspecified atom stereocenters. The van der Waals surface area contributed by atoms with Crippen LogP contribution in [0.25, 0.3) is 0 Å². The minimum absolute atomic E-state index is 0.00605. The maximum Gasteiger partial charge on any atom is 0.261 e. The standard InChI is InChI=1S/C26H28ClN3O6S2/c1-18-12-14-30(15-13-18)38(34,35)23-10-11-25(36-2)24(17-23)26(31)28-20-6-8-22(9-7-20)37(32,33)29-21-5-3-4-19(27)16-21/h3-11,16-18,29H,12-15H2,1-2H3,(H,28,31). The largest absolute Gasteiger partial charge is 0.496 e. The number of hydrogen-bond donors (Lipinski definition) is 2. The summed E-state index contributed by atoms with van der Waals surface area (Å²) >= 11 is 5.92. The Bertz CT molecular complexity index is 1540. The summed E-state index contributed by atoms with van der Waals surface area (Å²) in [6, 6.07) is 16.1. The molecule has 0 atom stereocenters. The fourth-order valence-corrected chi connectivity index (χ4v) is 6.82. The summed E-state index contributed by atoms with van der Waals surface area (Å²) in [6.07, 6.45) is 1.56. The van der Waals surface area contributed by atoms with E-state index in [4.69, 9.17) is 16.3 Å². The van der Waals surface area contributed by atoms with Crippen molar-refractivity contribution < 1.29 is 26.4 Å². The van der Waals surface area contributed by atoms with Gasteiger partial charge in [-0.15, -0.1) is 0 Å². The van der Waals surface area contributed by atoms with Gasteiger partial charge < -0.3 is 10.1 Å². The molecule has 1 aliphatic heterocycles. The van der Waals surface area contributed by atoms with Crippen molar-refractivity contribution in [1.29, 1.82) is 0 Å². The monoisotopic (exact) mass is 577 g/mol. The van der Waals surface area contributed by atoms with Crippen LogP contribution >= 0.6 is 11.6 Å². The van der Waals surface area contributed by atoms with Crippen LogP contribution in [-0.2, 0) is 20.0 Å². The van der Waals surface area contributed by atoms with Gasteiger partial charge in [0.1, 0.15) is 5.75 Å². The zero-order valence-corrected chi connectivity index (χ0v) is 23.2. The predicted molar refractivity (Wildman–Crippen MR) is 147 cm³/mol. The van der Waals surface area contributed by atoms with Gasteiger partial charge in [-0.25, -0.2) is 16.8 Å². The third kappa shape index (κ3) is 6.29. The highest BCUT2D eigenvalue weighted by molar-refractivity contribution is 7.92. The molecule has 0 saturated carbocycles. The molecule has 0 radical (unpaired) electrons. The van der Waals surface area contributed by atoms with Gasteiger partial charge in [-0.2, -0.15) is 4.31 Å². The number of benzene rings is 3. The first-order valence-electron chi connectivity index (χ1n) is 11.9. The second-order valence-corrected chi connectivity index (χ2v) is 13.1. The van der Waals surface area contributed by atoms with Gasteiger partial charge in [-0.05, 0) is 79.4 Å². The SMILES string of the molecule is COc1ccc(S(=O)(=O)N2CCC(C)CC2)cc1C(=O)Nc1ccc(S(=O)(=O)Nc2cccc(Cl)c2)cc1. The van der Waals surface area contributed by atoms with Crippen molar-refractivity contribution in [3.05, 3.63) is 77.3 Å².